The molecule has 29 nitrogen and oxygen atoms in total. The van der Waals surface area contributed by atoms with Crippen LogP contribution in [0, 0.1) is 0 Å². The molecule has 1 heterocycles. The summed E-state index contributed by atoms with van der Waals surface area (Å²) in [5.74, 6) is -4.81. The van der Waals surface area contributed by atoms with E-state index in [2.05, 4.69) is 47.5 Å². The van der Waals surface area contributed by atoms with Crippen molar-refractivity contribution in [2.75, 3.05) is 129 Å². The smallest absolute Gasteiger partial charge is 0.344 e. The van der Waals surface area contributed by atoms with Crippen LogP contribution in [0.3, 0.4) is 0 Å². The normalized spacial score (nSPS) is 15.1. The molecule has 0 saturated carbocycles. The van der Waals surface area contributed by atoms with Crippen LogP contribution in [0.15, 0.2) is 93.4 Å². The van der Waals surface area contributed by atoms with Gasteiger partial charge in [0.05, 0.1) is 32.2 Å². The minimum absolute atomic E-state index is 0.0642. The first-order valence-corrected chi connectivity index (χ1v) is 28.7. The number of rotatable bonds is 34. The lowest BCUT2D eigenvalue weighted by molar-refractivity contribution is -0.140. The maximum atomic E-state index is 14.4. The van der Waals surface area contributed by atoms with E-state index in [1.807, 2.05) is 6.07 Å². The highest BCUT2D eigenvalue weighted by atomic mass is 16.5. The Morgan fingerprint density at radius 2 is 1.18 bits per heavy atom. The fourth-order valence-electron chi connectivity index (χ4n) is 9.31. The number of aliphatic imine (C=N–C) groups is 1. The number of amides is 5. The Hall–Kier alpha value is -9.03. The van der Waals surface area contributed by atoms with Crippen molar-refractivity contribution in [2.24, 2.45) is 10.7 Å². The zero-order valence-electron chi connectivity index (χ0n) is 48.7. The zero-order chi connectivity index (χ0) is 63.1. The number of guanidine groups is 1. The molecule has 5 amide bonds. The first kappa shape index (κ1) is 68.7. The van der Waals surface area contributed by atoms with Crippen LogP contribution in [0.5, 0.6) is 11.5 Å². The number of benzene rings is 3. The number of carboxylic acids is 3. The van der Waals surface area contributed by atoms with Gasteiger partial charge in [0.15, 0.2) is 12.2 Å². The standard InChI is InChI=1S/C58H80N14O15/c1-2-46(75)61-22-24-65-58(86)68-57(59)64-19-6-10-44(55(84)66-34-39-11-15-42(74)16-12-39)67-56(85)50(40-8-4-3-5-9-40)41-13-17-43(18-14-41)87-33-7-20-62-51-52(54(83)53(51)82)63-23-21-60-45(38-73)72-31-29-70(36-48(78)79)27-25-69(35-47(76)77)26-28-71(30-32-72)37-49(80)81/h3-5,8-9,11-18,38,44-45,50,60,62-63,74H,2,6-7,10,19-37H2,1H3,(H,61,75)(H,66,84)(H,67,85)(H,76,77)(H,78,79)(H,80,81)(H4,59,64,65,68,86)/t44-,45?,50+/m1/s1. The van der Waals surface area contributed by atoms with Crippen molar-refractivity contribution in [1.29, 1.82) is 0 Å². The molecule has 0 bridgehead atoms. The predicted molar refractivity (Wildman–Crippen MR) is 322 cm³/mol. The van der Waals surface area contributed by atoms with Gasteiger partial charge in [-0.3, -0.25) is 63.3 Å². The van der Waals surface area contributed by atoms with Gasteiger partial charge in [-0.15, -0.1) is 0 Å². The van der Waals surface area contributed by atoms with Crippen LogP contribution in [0.2, 0.25) is 0 Å². The molecular formula is C58H80N14O15. The molecule has 472 valence electrons. The number of ether oxygens (including phenoxy) is 1. The molecule has 87 heavy (non-hydrogen) atoms. The average molecular weight is 1210 g/mol. The summed E-state index contributed by atoms with van der Waals surface area (Å²) in [6.07, 6.45) is 0.957. The van der Waals surface area contributed by atoms with E-state index in [-0.39, 0.29) is 160 Å². The summed E-state index contributed by atoms with van der Waals surface area (Å²) in [7, 11) is 0. The molecule has 0 spiro atoms. The number of carbonyl (C=O) groups is 8. The average Bonchev–Trinajstić information content (AvgIpc) is 1.76. The number of nitrogens with one attached hydrogen (secondary N) is 8. The van der Waals surface area contributed by atoms with Gasteiger partial charge in [0.25, 0.3) is 10.9 Å². The van der Waals surface area contributed by atoms with Crippen molar-refractivity contribution >= 4 is 65.3 Å². The minimum Gasteiger partial charge on any atom is -0.508 e. The number of aromatic hydroxyl groups is 1. The van der Waals surface area contributed by atoms with Crippen molar-refractivity contribution in [3.8, 4) is 11.5 Å². The van der Waals surface area contributed by atoms with Gasteiger partial charge in [-0.2, -0.15) is 4.99 Å². The van der Waals surface area contributed by atoms with Crippen LogP contribution in [0.1, 0.15) is 55.2 Å². The van der Waals surface area contributed by atoms with Gasteiger partial charge >= 0.3 is 23.9 Å². The van der Waals surface area contributed by atoms with E-state index in [0.717, 1.165) is 0 Å². The Morgan fingerprint density at radius 1 is 0.632 bits per heavy atom. The molecule has 3 atom stereocenters. The highest BCUT2D eigenvalue weighted by molar-refractivity contribution is 5.93. The maximum Gasteiger partial charge on any atom is 0.344 e. The number of hydrogen-bond acceptors (Lipinski definition) is 19. The Bertz CT molecular complexity index is 2950. The first-order valence-electron chi connectivity index (χ1n) is 28.7. The zero-order valence-corrected chi connectivity index (χ0v) is 48.7. The SMILES string of the molecule is CCC(=O)NCCNC(=O)/N=C(/N)NCCC[C@@H](NC(=O)[C@@H](c1ccccc1)c1ccc(OCCCNc2c(NCCNC(C=O)N3CCN(CC(=O)O)CCN(CC(=O)O)CCN(CC(=O)O)CC3)c(=O)c2=O)cc1)C(=O)NCc1ccc(O)cc1. The highest BCUT2D eigenvalue weighted by Crippen LogP contribution is 2.27. The van der Waals surface area contributed by atoms with Gasteiger partial charge in [0.1, 0.15) is 35.1 Å². The third-order valence-electron chi connectivity index (χ3n) is 13.9. The molecule has 1 saturated heterocycles. The molecule has 14 N–H and O–H groups in total. The molecule has 0 aliphatic carbocycles. The number of nitrogens with zero attached hydrogens (tertiary/aromatic N) is 5. The Morgan fingerprint density at radius 3 is 1.75 bits per heavy atom. The van der Waals surface area contributed by atoms with Crippen LogP contribution in [-0.2, 0) is 40.1 Å². The summed E-state index contributed by atoms with van der Waals surface area (Å²) in [5.41, 5.74) is 6.65. The quantitative estimate of drug-likeness (QED) is 0.00852. The van der Waals surface area contributed by atoms with E-state index in [1.54, 1.807) is 87.2 Å². The molecule has 4 aromatic rings. The molecule has 0 aromatic heterocycles. The van der Waals surface area contributed by atoms with Crippen molar-refractivity contribution in [3.63, 3.8) is 0 Å². The third kappa shape index (κ3) is 24.5. The lowest BCUT2D eigenvalue weighted by Crippen LogP contribution is -2.54. The molecule has 29 heteroatoms. The van der Waals surface area contributed by atoms with Crippen molar-refractivity contribution < 1.29 is 63.5 Å². The van der Waals surface area contributed by atoms with E-state index in [4.69, 9.17) is 10.5 Å². The second kappa shape index (κ2) is 36.7. The Balaban J connectivity index is 1.14. The number of carboxylic acid groups (broad SMARTS) is 3. The van der Waals surface area contributed by atoms with E-state index < -0.39 is 64.7 Å². The second-order valence-electron chi connectivity index (χ2n) is 20.4. The number of aldehydes is 1. The van der Waals surface area contributed by atoms with Crippen molar-refractivity contribution in [3.05, 3.63) is 116 Å². The molecule has 1 aliphatic rings. The second-order valence-corrected chi connectivity index (χ2v) is 20.4. The topological polar surface area (TPSA) is 408 Å². The van der Waals surface area contributed by atoms with Gasteiger partial charge in [0, 0.05) is 105 Å². The Labute approximate surface area is 502 Å². The molecule has 4 aromatic carbocycles. The lowest BCUT2D eigenvalue weighted by atomic mass is 9.90. The fourth-order valence-corrected chi connectivity index (χ4v) is 9.31. The number of urea groups is 1. The lowest BCUT2D eigenvalue weighted by Gasteiger charge is -2.35. The summed E-state index contributed by atoms with van der Waals surface area (Å²) in [6, 6.07) is 20.5. The van der Waals surface area contributed by atoms with Crippen LogP contribution in [-0.4, -0.2) is 224 Å². The number of phenols is 1. The molecule has 1 fully saturated rings. The minimum atomic E-state index is -1.08. The summed E-state index contributed by atoms with van der Waals surface area (Å²) in [4.78, 5) is 135. The van der Waals surface area contributed by atoms with E-state index in [9.17, 15) is 68.4 Å². The number of carbonyl (C=O) groups excluding carboxylic acids is 5. The summed E-state index contributed by atoms with van der Waals surface area (Å²) in [6.45, 7) is 3.81. The van der Waals surface area contributed by atoms with Crippen molar-refractivity contribution in [1.82, 2.24) is 51.5 Å². The molecular weight excluding hydrogens is 1130 g/mol. The predicted octanol–water partition coefficient (Wildman–Crippen LogP) is -1.28. The van der Waals surface area contributed by atoms with E-state index in [1.165, 1.54) is 12.1 Å². The number of anilines is 2. The highest BCUT2D eigenvalue weighted by Gasteiger charge is 2.29. The summed E-state index contributed by atoms with van der Waals surface area (Å²) >= 11 is 0. The van der Waals surface area contributed by atoms with Crippen LogP contribution in [0.4, 0.5) is 16.2 Å². The third-order valence-corrected chi connectivity index (χ3v) is 13.9. The van der Waals surface area contributed by atoms with Crippen LogP contribution < -0.4 is 63.9 Å². The Kier molecular flexibility index (Phi) is 29.0. The maximum absolute atomic E-state index is 14.4. The molecule has 0 radical (unpaired) electrons. The molecule has 5 rings (SSSR count). The van der Waals surface area contributed by atoms with E-state index >= 15 is 0 Å². The van der Waals surface area contributed by atoms with Gasteiger partial charge in [-0.1, -0.05) is 61.5 Å². The van der Waals surface area contributed by atoms with Gasteiger partial charge < -0.3 is 72.9 Å². The summed E-state index contributed by atoms with van der Waals surface area (Å²) in [5, 5.41) is 61.2. The molecule has 1 unspecified atom stereocenters. The fraction of sp³-hybridized carbons (Fsp3) is 0.466. The van der Waals surface area contributed by atoms with Crippen LogP contribution >= 0.6 is 0 Å². The monoisotopic (exact) mass is 1210 g/mol. The van der Waals surface area contributed by atoms with Crippen LogP contribution in [0.25, 0.3) is 0 Å². The summed E-state index contributed by atoms with van der Waals surface area (Å²) < 4.78 is 6.00. The first-order chi connectivity index (χ1) is 41.8. The number of aliphatic carboxylic acids is 3. The largest absolute Gasteiger partial charge is 0.508 e. The van der Waals surface area contributed by atoms with Crippen molar-refractivity contribution in [2.45, 2.75) is 57.3 Å². The van der Waals surface area contributed by atoms with Gasteiger partial charge in [-0.05, 0) is 60.2 Å². The number of hydrogen-bond donors (Lipinski definition) is 13. The van der Waals surface area contributed by atoms with Gasteiger partial charge in [0.2, 0.25) is 17.7 Å². The number of phenolic OH excluding ortho intramolecular Hbond substituents is 1. The number of nitrogens with two attached hydrogens (primary N) is 1. The van der Waals surface area contributed by atoms with E-state index in [0.29, 0.717) is 48.0 Å². The molecule has 1 aliphatic heterocycles. The van der Waals surface area contributed by atoms with Gasteiger partial charge in [-0.25, -0.2) is 4.79 Å².